The fourth-order valence-corrected chi connectivity index (χ4v) is 4.78. The van der Waals surface area contributed by atoms with Crippen LogP contribution in [0.4, 0.5) is 24.8 Å². The van der Waals surface area contributed by atoms with Crippen molar-refractivity contribution in [3.05, 3.63) is 77.0 Å². The molecular weight excluding hydrogens is 549 g/mol. The van der Waals surface area contributed by atoms with Crippen molar-refractivity contribution in [3.63, 3.8) is 0 Å². The van der Waals surface area contributed by atoms with Crippen LogP contribution in [0.1, 0.15) is 47.3 Å². The smallest absolute Gasteiger partial charge is 0.275 e. The molecule has 0 aliphatic carbocycles. The van der Waals surface area contributed by atoms with Gasteiger partial charge in [-0.1, -0.05) is 17.7 Å². The Morgan fingerprint density at radius 1 is 1.18 bits per heavy atom. The van der Waals surface area contributed by atoms with Crippen LogP contribution >= 0.6 is 11.6 Å². The maximum Gasteiger partial charge on any atom is 0.275 e. The van der Waals surface area contributed by atoms with E-state index in [4.69, 9.17) is 11.6 Å². The second kappa shape index (κ2) is 12.0. The van der Waals surface area contributed by atoms with Crippen LogP contribution in [0, 0.1) is 5.82 Å². The molecule has 2 N–H and O–H groups in total. The normalized spacial score (nSPS) is 15.2. The van der Waals surface area contributed by atoms with Gasteiger partial charge >= 0.3 is 0 Å². The molecule has 1 amide bonds. The van der Waals surface area contributed by atoms with E-state index in [1.807, 2.05) is 0 Å². The molecular formula is C26H24ClF3N8O2. The van der Waals surface area contributed by atoms with E-state index in [0.717, 1.165) is 49.5 Å². The van der Waals surface area contributed by atoms with Gasteiger partial charge in [-0.3, -0.25) is 14.5 Å². The monoisotopic (exact) mass is 572 g/mol. The molecule has 10 nitrogen and oxygen atoms in total. The van der Waals surface area contributed by atoms with Crippen LogP contribution in [0.2, 0.25) is 5.02 Å². The molecule has 14 heteroatoms. The summed E-state index contributed by atoms with van der Waals surface area (Å²) >= 11 is 5.79. The predicted octanol–water partition coefficient (Wildman–Crippen LogP) is 4.51. The predicted molar refractivity (Wildman–Crippen MR) is 141 cm³/mol. The number of aliphatic hydroxyl groups excluding tert-OH is 1. The van der Waals surface area contributed by atoms with E-state index in [-0.39, 0.29) is 29.1 Å². The molecule has 0 radical (unpaired) electrons. The van der Waals surface area contributed by atoms with E-state index < -0.39 is 29.3 Å². The van der Waals surface area contributed by atoms with Gasteiger partial charge < -0.3 is 15.3 Å². The summed E-state index contributed by atoms with van der Waals surface area (Å²) in [5.74, 6) is -1.14. The average molecular weight is 573 g/mol. The molecule has 0 spiro atoms. The Hall–Kier alpha value is -4.10. The molecule has 1 atom stereocenters. The Balaban J connectivity index is 1.26. The maximum atomic E-state index is 14.7. The third-order valence-electron chi connectivity index (χ3n) is 6.51. The molecule has 0 unspecified atom stereocenters. The number of rotatable bonds is 9. The minimum atomic E-state index is -2.99. The number of carbonyl (C=O) groups excluding carboxylic acids is 1. The Morgan fingerprint density at radius 2 is 1.98 bits per heavy atom. The van der Waals surface area contributed by atoms with Gasteiger partial charge in [0.1, 0.15) is 5.69 Å². The molecule has 40 heavy (non-hydrogen) atoms. The zero-order chi connectivity index (χ0) is 28.2. The number of aliphatic hydroxyl groups is 1. The lowest BCUT2D eigenvalue weighted by atomic mass is 10.0. The Bertz CT molecular complexity index is 1500. The summed E-state index contributed by atoms with van der Waals surface area (Å²) in [6.45, 7) is 1.31. The van der Waals surface area contributed by atoms with Crippen LogP contribution < -0.4 is 10.2 Å². The van der Waals surface area contributed by atoms with E-state index >= 15 is 0 Å². The lowest BCUT2D eigenvalue weighted by molar-refractivity contribution is 0.102. The van der Waals surface area contributed by atoms with Crippen molar-refractivity contribution < 1.29 is 23.1 Å². The Morgan fingerprint density at radius 3 is 2.73 bits per heavy atom. The van der Waals surface area contributed by atoms with Gasteiger partial charge in [0.15, 0.2) is 5.82 Å². The van der Waals surface area contributed by atoms with Crippen LogP contribution in [0.25, 0.3) is 11.3 Å². The number of alkyl halides is 2. The topological polar surface area (TPSA) is 122 Å². The highest BCUT2D eigenvalue weighted by atomic mass is 35.5. The lowest BCUT2D eigenvalue weighted by Crippen LogP contribution is -2.31. The number of nitrogens with one attached hydrogen (secondary N) is 1. The molecule has 1 aliphatic rings. The molecule has 208 valence electrons. The molecule has 3 aromatic heterocycles. The molecule has 5 rings (SSSR count). The number of hydrogen-bond acceptors (Lipinski definition) is 8. The fourth-order valence-electron chi connectivity index (χ4n) is 4.63. The molecule has 1 fully saturated rings. The first kappa shape index (κ1) is 27.5. The van der Waals surface area contributed by atoms with E-state index in [0.29, 0.717) is 24.6 Å². The average Bonchev–Trinajstić information content (AvgIpc) is 3.60. The second-order valence-corrected chi connectivity index (χ2v) is 9.60. The first-order chi connectivity index (χ1) is 19.3. The zero-order valence-electron chi connectivity index (χ0n) is 21.0. The van der Waals surface area contributed by atoms with Crippen LogP contribution in [0.5, 0.6) is 0 Å². The molecule has 0 saturated carbocycles. The van der Waals surface area contributed by atoms with E-state index in [1.165, 1.54) is 6.20 Å². The number of carbonyl (C=O) groups is 1. The first-order valence-corrected chi connectivity index (χ1v) is 12.8. The van der Waals surface area contributed by atoms with Crippen molar-refractivity contribution in [1.29, 1.82) is 0 Å². The van der Waals surface area contributed by atoms with Gasteiger partial charge in [-0.25, -0.2) is 28.1 Å². The number of aromatic nitrogens is 6. The second-order valence-electron chi connectivity index (χ2n) is 9.19. The third kappa shape index (κ3) is 5.89. The van der Waals surface area contributed by atoms with Crippen LogP contribution in [-0.2, 0) is 6.54 Å². The first-order valence-electron chi connectivity index (χ1n) is 12.4. The largest absolute Gasteiger partial charge is 0.396 e. The Labute approximate surface area is 231 Å². The van der Waals surface area contributed by atoms with Crippen molar-refractivity contribution in [2.45, 2.75) is 38.3 Å². The lowest BCUT2D eigenvalue weighted by Gasteiger charge is -2.23. The SMILES string of the molecule is O=C(Nc1cnn(Cc2cnc(N3CCC[C@H]3CCO)nc2)c1)c1cncc(-c2c(C(F)F)ccc(Cl)c2F)n1. The molecule has 0 bridgehead atoms. The van der Waals surface area contributed by atoms with Gasteiger partial charge in [-0.2, -0.15) is 5.10 Å². The number of hydrogen-bond donors (Lipinski definition) is 2. The van der Waals surface area contributed by atoms with E-state index in [1.54, 1.807) is 23.3 Å². The van der Waals surface area contributed by atoms with Gasteiger partial charge in [-0.05, 0) is 25.3 Å². The zero-order valence-corrected chi connectivity index (χ0v) is 21.8. The van der Waals surface area contributed by atoms with Crippen LogP contribution in [0.15, 0.2) is 49.3 Å². The highest BCUT2D eigenvalue weighted by Gasteiger charge is 2.26. The number of anilines is 2. The standard InChI is InChI=1S/C26H24ClF3N8O2/c27-19-4-3-18(24(29)30)22(23(19)28)20-11-31-12-21(36-20)25(40)35-16-10-34-37(14-16)13-15-8-32-26(33-9-15)38-6-1-2-17(38)5-7-39/h3-4,8-12,14,17,24,39H,1-2,5-7,13H2,(H,35,40)/t17-/m0/s1. The maximum absolute atomic E-state index is 14.7. The summed E-state index contributed by atoms with van der Waals surface area (Å²) < 4.78 is 43.2. The number of halogens is 4. The van der Waals surface area contributed by atoms with Gasteiger partial charge in [0.25, 0.3) is 12.3 Å². The fraction of sp³-hybridized carbons (Fsp3) is 0.308. The highest BCUT2D eigenvalue weighted by molar-refractivity contribution is 6.31. The van der Waals surface area contributed by atoms with Crippen molar-refractivity contribution in [2.24, 2.45) is 0 Å². The minimum Gasteiger partial charge on any atom is -0.396 e. The van der Waals surface area contributed by atoms with Crippen LogP contribution in [0.3, 0.4) is 0 Å². The van der Waals surface area contributed by atoms with Crippen molar-refractivity contribution in [1.82, 2.24) is 29.7 Å². The molecule has 1 aromatic carbocycles. The van der Waals surface area contributed by atoms with E-state index in [9.17, 15) is 23.1 Å². The number of benzene rings is 1. The van der Waals surface area contributed by atoms with Crippen molar-refractivity contribution in [3.8, 4) is 11.3 Å². The highest BCUT2D eigenvalue weighted by Crippen LogP contribution is 2.35. The molecule has 1 aliphatic heterocycles. The van der Waals surface area contributed by atoms with Gasteiger partial charge in [0, 0.05) is 54.5 Å². The third-order valence-corrected chi connectivity index (χ3v) is 6.80. The number of nitrogens with zero attached hydrogens (tertiary/aromatic N) is 7. The van der Waals surface area contributed by atoms with Gasteiger partial charge in [0.2, 0.25) is 5.95 Å². The molecule has 4 heterocycles. The minimum absolute atomic E-state index is 0.121. The molecule has 1 saturated heterocycles. The van der Waals surface area contributed by atoms with Crippen molar-refractivity contribution in [2.75, 3.05) is 23.4 Å². The van der Waals surface area contributed by atoms with Gasteiger partial charge in [0.05, 0.1) is 41.5 Å². The summed E-state index contributed by atoms with van der Waals surface area (Å²) in [6.07, 6.45) is 8.37. The summed E-state index contributed by atoms with van der Waals surface area (Å²) in [4.78, 5) is 31.8. The quantitative estimate of drug-likeness (QED) is 0.300. The summed E-state index contributed by atoms with van der Waals surface area (Å²) in [5.41, 5.74) is -0.453. The summed E-state index contributed by atoms with van der Waals surface area (Å²) in [7, 11) is 0. The van der Waals surface area contributed by atoms with Gasteiger partial charge in [-0.15, -0.1) is 0 Å². The van der Waals surface area contributed by atoms with Crippen LogP contribution in [-0.4, -0.2) is 59.9 Å². The Kier molecular flexibility index (Phi) is 8.21. The molecule has 4 aromatic rings. The summed E-state index contributed by atoms with van der Waals surface area (Å²) in [6, 6.07) is 2.27. The van der Waals surface area contributed by atoms with E-state index in [2.05, 4.69) is 35.3 Å². The number of amides is 1. The van der Waals surface area contributed by atoms with Crippen molar-refractivity contribution >= 4 is 29.1 Å². The summed E-state index contributed by atoms with van der Waals surface area (Å²) in [5, 5.41) is 15.8.